The third-order valence-electron chi connectivity index (χ3n) is 2.29. The number of hydrogen-bond acceptors (Lipinski definition) is 2. The van der Waals surface area contributed by atoms with Gasteiger partial charge in [0, 0.05) is 6.61 Å². The summed E-state index contributed by atoms with van der Waals surface area (Å²) < 4.78 is 5.55. The van der Waals surface area contributed by atoms with Crippen molar-refractivity contribution < 1.29 is 4.74 Å². The number of nitrogens with two attached hydrogens (primary N) is 1. The first-order valence-corrected chi connectivity index (χ1v) is 4.66. The highest BCUT2D eigenvalue weighted by atomic mass is 16.5. The molecule has 1 fully saturated rings. The van der Waals surface area contributed by atoms with Crippen LogP contribution in [-0.2, 0) is 4.74 Å². The van der Waals surface area contributed by atoms with Gasteiger partial charge in [-0.1, -0.05) is 5.92 Å². The Kier molecular flexibility index (Phi) is 4.13. The zero-order valence-corrected chi connectivity index (χ0v) is 7.46. The Bertz CT molecular complexity index is 156. The molecule has 0 aromatic rings. The van der Waals surface area contributed by atoms with Crippen molar-refractivity contribution in [1.82, 2.24) is 0 Å². The highest BCUT2D eigenvalue weighted by Gasteiger charge is 2.13. The lowest BCUT2D eigenvalue weighted by Crippen LogP contribution is -2.24. The van der Waals surface area contributed by atoms with E-state index < -0.39 is 0 Å². The highest BCUT2D eigenvalue weighted by Crippen LogP contribution is 2.17. The molecule has 0 aromatic carbocycles. The minimum atomic E-state index is -0.0875. The van der Waals surface area contributed by atoms with Crippen LogP contribution in [0.3, 0.4) is 0 Å². The van der Waals surface area contributed by atoms with Gasteiger partial charge in [0.25, 0.3) is 0 Å². The fourth-order valence-electron chi connectivity index (χ4n) is 1.48. The maximum atomic E-state index is 5.60. The standard InChI is InChI=1S/C10H17NO/c1-2-9(11)6-7-10-5-3-4-8-12-10/h1,9-10H,3-8,11H2. The Morgan fingerprint density at radius 3 is 3.00 bits per heavy atom. The molecule has 2 heteroatoms. The van der Waals surface area contributed by atoms with Gasteiger partial charge in [-0.25, -0.2) is 0 Å². The molecule has 12 heavy (non-hydrogen) atoms. The summed E-state index contributed by atoms with van der Waals surface area (Å²) in [6.07, 6.45) is 11.2. The third-order valence-corrected chi connectivity index (χ3v) is 2.29. The van der Waals surface area contributed by atoms with E-state index in [0.717, 1.165) is 19.4 Å². The summed E-state index contributed by atoms with van der Waals surface area (Å²) in [4.78, 5) is 0. The van der Waals surface area contributed by atoms with Crippen LogP contribution < -0.4 is 5.73 Å². The maximum Gasteiger partial charge on any atom is 0.0662 e. The lowest BCUT2D eigenvalue weighted by Gasteiger charge is -2.22. The summed E-state index contributed by atoms with van der Waals surface area (Å²) in [5.41, 5.74) is 5.60. The van der Waals surface area contributed by atoms with Crippen molar-refractivity contribution in [2.24, 2.45) is 5.73 Å². The first-order valence-electron chi connectivity index (χ1n) is 4.66. The Hall–Kier alpha value is -0.520. The van der Waals surface area contributed by atoms with Crippen molar-refractivity contribution in [3.05, 3.63) is 0 Å². The van der Waals surface area contributed by atoms with Crippen LogP contribution in [0.1, 0.15) is 32.1 Å². The molecule has 68 valence electrons. The summed E-state index contributed by atoms with van der Waals surface area (Å²) in [7, 11) is 0. The SMILES string of the molecule is C#CC(N)CCC1CCCCO1. The van der Waals surface area contributed by atoms with Crippen molar-refractivity contribution >= 4 is 0 Å². The van der Waals surface area contributed by atoms with Gasteiger partial charge in [-0.15, -0.1) is 6.42 Å². The molecule has 2 unspecified atom stereocenters. The molecule has 0 bridgehead atoms. The quantitative estimate of drug-likeness (QED) is 0.643. The van der Waals surface area contributed by atoms with Crippen LogP contribution in [-0.4, -0.2) is 18.8 Å². The molecule has 2 N–H and O–H groups in total. The molecule has 2 atom stereocenters. The third kappa shape index (κ3) is 3.25. The molecule has 0 aromatic heterocycles. The molecule has 1 rings (SSSR count). The van der Waals surface area contributed by atoms with E-state index in [0.29, 0.717) is 6.10 Å². The Morgan fingerprint density at radius 1 is 1.58 bits per heavy atom. The highest BCUT2D eigenvalue weighted by molar-refractivity contribution is 4.96. The van der Waals surface area contributed by atoms with E-state index in [1.54, 1.807) is 0 Å². The van der Waals surface area contributed by atoms with Crippen molar-refractivity contribution in [2.75, 3.05) is 6.61 Å². The molecular formula is C10H17NO. The molecule has 1 aliphatic rings. The fourth-order valence-corrected chi connectivity index (χ4v) is 1.48. The van der Waals surface area contributed by atoms with E-state index >= 15 is 0 Å². The van der Waals surface area contributed by atoms with Crippen molar-refractivity contribution in [1.29, 1.82) is 0 Å². The number of terminal acetylenes is 1. The Morgan fingerprint density at radius 2 is 2.42 bits per heavy atom. The zero-order valence-electron chi connectivity index (χ0n) is 7.46. The van der Waals surface area contributed by atoms with Crippen LogP contribution in [0.4, 0.5) is 0 Å². The minimum Gasteiger partial charge on any atom is -0.378 e. The number of ether oxygens (including phenoxy) is 1. The van der Waals surface area contributed by atoms with E-state index in [1.165, 1.54) is 19.3 Å². The molecule has 0 spiro atoms. The first kappa shape index (κ1) is 9.57. The molecule has 2 nitrogen and oxygen atoms in total. The summed E-state index contributed by atoms with van der Waals surface area (Å²) in [5.74, 6) is 2.53. The average molecular weight is 167 g/mol. The van der Waals surface area contributed by atoms with E-state index in [2.05, 4.69) is 5.92 Å². The van der Waals surface area contributed by atoms with Gasteiger partial charge in [-0.3, -0.25) is 0 Å². The Labute approximate surface area is 74.5 Å². The molecule has 0 radical (unpaired) electrons. The monoisotopic (exact) mass is 167 g/mol. The lowest BCUT2D eigenvalue weighted by atomic mass is 10.0. The van der Waals surface area contributed by atoms with Gasteiger partial charge in [0.15, 0.2) is 0 Å². The first-order chi connectivity index (χ1) is 5.83. The zero-order chi connectivity index (χ0) is 8.81. The van der Waals surface area contributed by atoms with Crippen LogP contribution in [0.25, 0.3) is 0 Å². The van der Waals surface area contributed by atoms with Gasteiger partial charge in [0.2, 0.25) is 0 Å². The van der Waals surface area contributed by atoms with E-state index in [9.17, 15) is 0 Å². The second-order valence-electron chi connectivity index (χ2n) is 3.34. The van der Waals surface area contributed by atoms with Crippen LogP contribution in [0.15, 0.2) is 0 Å². The topological polar surface area (TPSA) is 35.2 Å². The van der Waals surface area contributed by atoms with Gasteiger partial charge < -0.3 is 10.5 Å². The largest absolute Gasteiger partial charge is 0.378 e. The van der Waals surface area contributed by atoms with Crippen LogP contribution >= 0.6 is 0 Å². The molecule has 1 aliphatic heterocycles. The summed E-state index contributed by atoms with van der Waals surface area (Å²) in [5, 5.41) is 0. The smallest absolute Gasteiger partial charge is 0.0662 e. The van der Waals surface area contributed by atoms with Crippen molar-refractivity contribution in [3.8, 4) is 12.3 Å². The number of hydrogen-bond donors (Lipinski definition) is 1. The van der Waals surface area contributed by atoms with Gasteiger partial charge in [0.1, 0.15) is 0 Å². The van der Waals surface area contributed by atoms with Gasteiger partial charge in [0.05, 0.1) is 12.1 Å². The second-order valence-corrected chi connectivity index (χ2v) is 3.34. The predicted octanol–water partition coefficient (Wildman–Crippen LogP) is 1.30. The molecular weight excluding hydrogens is 150 g/mol. The van der Waals surface area contributed by atoms with Crippen LogP contribution in [0, 0.1) is 12.3 Å². The molecule has 0 saturated carbocycles. The van der Waals surface area contributed by atoms with E-state index in [1.807, 2.05) is 0 Å². The van der Waals surface area contributed by atoms with Gasteiger partial charge >= 0.3 is 0 Å². The van der Waals surface area contributed by atoms with Crippen molar-refractivity contribution in [3.63, 3.8) is 0 Å². The Balaban J connectivity index is 2.10. The van der Waals surface area contributed by atoms with Gasteiger partial charge in [-0.2, -0.15) is 0 Å². The summed E-state index contributed by atoms with van der Waals surface area (Å²) >= 11 is 0. The fraction of sp³-hybridized carbons (Fsp3) is 0.800. The maximum absolute atomic E-state index is 5.60. The molecule has 1 saturated heterocycles. The van der Waals surface area contributed by atoms with Crippen LogP contribution in [0.2, 0.25) is 0 Å². The molecule has 0 aliphatic carbocycles. The summed E-state index contributed by atoms with van der Waals surface area (Å²) in [6.45, 7) is 0.913. The van der Waals surface area contributed by atoms with E-state index in [-0.39, 0.29) is 6.04 Å². The number of rotatable bonds is 3. The lowest BCUT2D eigenvalue weighted by molar-refractivity contribution is 0.00982. The van der Waals surface area contributed by atoms with Crippen molar-refractivity contribution in [2.45, 2.75) is 44.2 Å². The second kappa shape index (κ2) is 5.18. The van der Waals surface area contributed by atoms with Gasteiger partial charge in [-0.05, 0) is 32.1 Å². The molecule has 1 heterocycles. The molecule has 0 amide bonds. The average Bonchev–Trinajstić information content (AvgIpc) is 2.16. The van der Waals surface area contributed by atoms with E-state index in [4.69, 9.17) is 16.9 Å². The van der Waals surface area contributed by atoms with Crippen LogP contribution in [0.5, 0.6) is 0 Å². The minimum absolute atomic E-state index is 0.0875. The normalized spacial score (nSPS) is 26.2. The summed E-state index contributed by atoms with van der Waals surface area (Å²) in [6, 6.07) is -0.0875. The predicted molar refractivity (Wildman–Crippen MR) is 49.6 cm³/mol.